The predicted molar refractivity (Wildman–Crippen MR) is 91.9 cm³/mol. The van der Waals surface area contributed by atoms with Crippen molar-refractivity contribution in [3.63, 3.8) is 0 Å². The minimum absolute atomic E-state index is 0.0497. The van der Waals surface area contributed by atoms with Crippen molar-refractivity contribution in [1.29, 1.82) is 0 Å². The average Bonchev–Trinajstić information content (AvgIpc) is 2.87. The number of pyridine rings is 1. The number of rotatable bonds is 4. The number of benzene rings is 1. The van der Waals surface area contributed by atoms with E-state index >= 15 is 0 Å². The van der Waals surface area contributed by atoms with E-state index in [1.54, 1.807) is 36.3 Å². The Morgan fingerprint density at radius 3 is 2.84 bits per heavy atom. The lowest BCUT2D eigenvalue weighted by molar-refractivity contribution is 0.216. The van der Waals surface area contributed by atoms with E-state index in [0.29, 0.717) is 29.9 Å². The van der Waals surface area contributed by atoms with Gasteiger partial charge in [0.15, 0.2) is 0 Å². The summed E-state index contributed by atoms with van der Waals surface area (Å²) >= 11 is 0. The first-order valence-corrected chi connectivity index (χ1v) is 7.79. The van der Waals surface area contributed by atoms with E-state index in [0.717, 1.165) is 0 Å². The van der Waals surface area contributed by atoms with Crippen LogP contribution in [0.2, 0.25) is 0 Å². The summed E-state index contributed by atoms with van der Waals surface area (Å²) in [5.74, 6) is -0.450. The lowest BCUT2D eigenvalue weighted by Gasteiger charge is -2.18. The molecule has 130 valence electrons. The number of anilines is 2. The van der Waals surface area contributed by atoms with Crippen LogP contribution < -0.4 is 16.0 Å². The van der Waals surface area contributed by atoms with Crippen LogP contribution in [-0.2, 0) is 6.42 Å². The van der Waals surface area contributed by atoms with Gasteiger partial charge in [0.05, 0.1) is 17.9 Å². The maximum Gasteiger partial charge on any atom is 0.323 e. The van der Waals surface area contributed by atoms with E-state index < -0.39 is 11.8 Å². The molecule has 1 aliphatic heterocycles. The minimum Gasteiger partial charge on any atom is -0.336 e. The first-order chi connectivity index (χ1) is 12.0. The number of carbonyl (C=O) groups is 2. The number of nitrogens with zero attached hydrogens (tertiary/aromatic N) is 2. The Morgan fingerprint density at radius 2 is 2.16 bits per heavy atom. The number of aromatic nitrogens is 1. The van der Waals surface area contributed by atoms with Crippen molar-refractivity contribution in [2.75, 3.05) is 24.2 Å². The third-order valence-electron chi connectivity index (χ3n) is 3.96. The second-order valence-corrected chi connectivity index (χ2v) is 5.82. The van der Waals surface area contributed by atoms with Crippen LogP contribution >= 0.6 is 0 Å². The molecule has 0 aliphatic carbocycles. The highest BCUT2D eigenvalue weighted by molar-refractivity contribution is 5.99. The maximum absolute atomic E-state index is 13.9. The van der Waals surface area contributed by atoms with Gasteiger partial charge < -0.3 is 20.9 Å². The predicted octanol–water partition coefficient (Wildman–Crippen LogP) is 2.43. The number of hydrogen-bond donors (Lipinski definition) is 3. The summed E-state index contributed by atoms with van der Waals surface area (Å²) in [5.41, 5.74) is 1.58. The van der Waals surface area contributed by atoms with E-state index in [4.69, 9.17) is 0 Å². The van der Waals surface area contributed by atoms with Gasteiger partial charge in [-0.05, 0) is 42.3 Å². The normalized spacial score (nSPS) is 16.5. The zero-order chi connectivity index (χ0) is 17.8. The van der Waals surface area contributed by atoms with Crippen LogP contribution in [-0.4, -0.2) is 41.6 Å². The quantitative estimate of drug-likeness (QED) is 0.797. The number of likely N-dealkylation sites (N-methyl/N-ethyl adjacent to an activating group) is 1. The van der Waals surface area contributed by atoms with Crippen LogP contribution in [0.25, 0.3) is 0 Å². The van der Waals surface area contributed by atoms with Crippen molar-refractivity contribution in [2.45, 2.75) is 12.5 Å². The Hall–Kier alpha value is -3.16. The van der Waals surface area contributed by atoms with Crippen LogP contribution in [0, 0.1) is 5.82 Å². The van der Waals surface area contributed by atoms with Crippen LogP contribution in [0.4, 0.5) is 25.4 Å². The molecule has 1 aromatic heterocycles. The third-order valence-corrected chi connectivity index (χ3v) is 3.96. The molecule has 8 heteroatoms. The standard InChI is InChI=1S/C17H18FN5O2/c1-23-15(10-20-17(23)25)7-11-5-12(18)8-14(6-11)22-16(24)21-13-3-2-4-19-9-13/h2-6,8-9,15H,7,10H2,1H3,(H,20,25)(H2,21,22,24). The molecule has 1 unspecified atom stereocenters. The van der Waals surface area contributed by atoms with Gasteiger partial charge >= 0.3 is 12.1 Å². The van der Waals surface area contributed by atoms with Gasteiger partial charge in [-0.15, -0.1) is 0 Å². The molecule has 1 aromatic carbocycles. The molecule has 0 bridgehead atoms. The van der Waals surface area contributed by atoms with Crippen molar-refractivity contribution < 1.29 is 14.0 Å². The third kappa shape index (κ3) is 4.23. The van der Waals surface area contributed by atoms with E-state index in [-0.39, 0.29) is 12.1 Å². The second kappa shape index (κ2) is 7.16. The highest BCUT2D eigenvalue weighted by Crippen LogP contribution is 2.18. The summed E-state index contributed by atoms with van der Waals surface area (Å²) in [6.45, 7) is 0.510. The zero-order valence-corrected chi connectivity index (χ0v) is 13.6. The molecule has 3 rings (SSSR count). The largest absolute Gasteiger partial charge is 0.336 e. The molecule has 25 heavy (non-hydrogen) atoms. The van der Waals surface area contributed by atoms with E-state index in [2.05, 4.69) is 20.9 Å². The zero-order valence-electron chi connectivity index (χ0n) is 13.6. The van der Waals surface area contributed by atoms with Gasteiger partial charge in [-0.1, -0.05) is 0 Å². The first kappa shape index (κ1) is 16.7. The Morgan fingerprint density at radius 1 is 1.36 bits per heavy atom. The van der Waals surface area contributed by atoms with Crippen molar-refractivity contribution in [3.8, 4) is 0 Å². The fourth-order valence-corrected chi connectivity index (χ4v) is 2.68. The molecule has 0 radical (unpaired) electrons. The maximum atomic E-state index is 13.9. The second-order valence-electron chi connectivity index (χ2n) is 5.82. The Labute approximate surface area is 144 Å². The summed E-state index contributed by atoms with van der Waals surface area (Å²) in [4.78, 5) is 29.0. The molecule has 1 saturated heterocycles. The molecule has 0 spiro atoms. The molecule has 4 amide bonds. The number of amides is 4. The van der Waals surface area contributed by atoms with E-state index in [1.807, 2.05) is 0 Å². The van der Waals surface area contributed by atoms with Gasteiger partial charge in [-0.3, -0.25) is 4.98 Å². The smallest absolute Gasteiger partial charge is 0.323 e. The monoisotopic (exact) mass is 343 g/mol. The molecule has 2 heterocycles. The van der Waals surface area contributed by atoms with Gasteiger partial charge in [0, 0.05) is 25.5 Å². The molecule has 2 aromatic rings. The van der Waals surface area contributed by atoms with Crippen LogP contribution in [0.5, 0.6) is 0 Å². The van der Waals surface area contributed by atoms with Gasteiger partial charge in [0.25, 0.3) is 0 Å². The van der Waals surface area contributed by atoms with Crippen molar-refractivity contribution in [2.24, 2.45) is 0 Å². The van der Waals surface area contributed by atoms with Crippen LogP contribution in [0.3, 0.4) is 0 Å². The summed E-state index contributed by atoms with van der Waals surface area (Å²) in [7, 11) is 1.70. The highest BCUT2D eigenvalue weighted by atomic mass is 19.1. The molecule has 0 saturated carbocycles. The van der Waals surface area contributed by atoms with Gasteiger partial charge in [-0.25, -0.2) is 14.0 Å². The average molecular weight is 343 g/mol. The van der Waals surface area contributed by atoms with Crippen molar-refractivity contribution >= 4 is 23.4 Å². The molecule has 1 aliphatic rings. The lowest BCUT2D eigenvalue weighted by Crippen LogP contribution is -2.31. The van der Waals surface area contributed by atoms with Crippen LogP contribution in [0.15, 0.2) is 42.7 Å². The van der Waals surface area contributed by atoms with Gasteiger partial charge in [-0.2, -0.15) is 0 Å². The van der Waals surface area contributed by atoms with Crippen molar-refractivity contribution in [3.05, 3.63) is 54.1 Å². The molecular formula is C17H18FN5O2. The number of halogens is 1. The Balaban J connectivity index is 1.67. The Kier molecular flexibility index (Phi) is 4.78. The minimum atomic E-state index is -0.487. The first-order valence-electron chi connectivity index (χ1n) is 7.79. The highest BCUT2D eigenvalue weighted by Gasteiger charge is 2.27. The molecule has 3 N–H and O–H groups in total. The number of carbonyl (C=O) groups excluding carboxylic acids is 2. The lowest BCUT2D eigenvalue weighted by atomic mass is 10.0. The molecule has 1 atom stereocenters. The molecular weight excluding hydrogens is 325 g/mol. The number of nitrogens with one attached hydrogen (secondary N) is 3. The topological polar surface area (TPSA) is 86.4 Å². The summed E-state index contributed by atoms with van der Waals surface area (Å²) in [6.07, 6.45) is 3.60. The van der Waals surface area contributed by atoms with Gasteiger partial charge in [0.1, 0.15) is 5.82 Å². The summed E-state index contributed by atoms with van der Waals surface area (Å²) < 4.78 is 13.9. The SMILES string of the molecule is CN1C(=O)NCC1Cc1cc(F)cc(NC(=O)Nc2cccnc2)c1. The summed E-state index contributed by atoms with van der Waals surface area (Å²) in [5, 5.41) is 7.96. The molecule has 1 fully saturated rings. The van der Waals surface area contributed by atoms with E-state index in [9.17, 15) is 14.0 Å². The number of urea groups is 2. The number of hydrogen-bond acceptors (Lipinski definition) is 3. The summed E-state index contributed by atoms with van der Waals surface area (Å²) in [6, 6.07) is 7.06. The van der Waals surface area contributed by atoms with Crippen molar-refractivity contribution in [1.82, 2.24) is 15.2 Å². The Bertz CT molecular complexity index is 784. The fourth-order valence-electron chi connectivity index (χ4n) is 2.68. The van der Waals surface area contributed by atoms with E-state index in [1.165, 1.54) is 18.3 Å². The molecule has 7 nitrogen and oxygen atoms in total. The van der Waals surface area contributed by atoms with Gasteiger partial charge in [0.2, 0.25) is 0 Å². The fraction of sp³-hybridized carbons (Fsp3) is 0.235. The van der Waals surface area contributed by atoms with Crippen LogP contribution in [0.1, 0.15) is 5.56 Å².